The molecule has 184 valence electrons. The number of phenolic OH excluding ortho intramolecular Hbond substituents is 1. The number of carbonyl (C=O) groups excluding carboxylic acids is 5. The number of hydrogen-bond acceptors (Lipinski definition) is 10. The van der Waals surface area contributed by atoms with Crippen molar-refractivity contribution in [3.63, 3.8) is 0 Å². The van der Waals surface area contributed by atoms with Crippen molar-refractivity contribution >= 4 is 34.7 Å². The second kappa shape index (κ2) is 7.96. The van der Waals surface area contributed by atoms with Crippen molar-refractivity contribution in [1.29, 1.82) is 5.26 Å². The number of rotatable bonds is 3. The number of ketones is 4. The zero-order chi connectivity index (χ0) is 26.1. The molecular formula is C24H26N4O7. The summed E-state index contributed by atoms with van der Waals surface area (Å²) in [5.74, 6) is -11.2. The lowest BCUT2D eigenvalue weighted by Gasteiger charge is -2.52. The minimum absolute atomic E-state index is 0.0302. The van der Waals surface area contributed by atoms with Gasteiger partial charge in [-0.05, 0) is 44.5 Å². The van der Waals surface area contributed by atoms with Gasteiger partial charge in [0.15, 0.2) is 34.7 Å². The molecule has 0 aromatic heterocycles. The van der Waals surface area contributed by atoms with E-state index in [-0.39, 0.29) is 24.0 Å². The molecule has 1 amide bonds. The van der Waals surface area contributed by atoms with Crippen LogP contribution in [0.2, 0.25) is 0 Å². The number of Topliss-reactive ketones (excluding diaryl/α,β-unsaturated/α-hetero) is 4. The predicted octanol–water partition coefficient (Wildman–Crippen LogP) is -1.20. The maximum Gasteiger partial charge on any atom is 0.235 e. The van der Waals surface area contributed by atoms with Crippen molar-refractivity contribution in [3.8, 4) is 11.8 Å². The van der Waals surface area contributed by atoms with E-state index in [1.807, 2.05) is 6.07 Å². The number of primary amides is 1. The smallest absolute Gasteiger partial charge is 0.235 e. The Morgan fingerprint density at radius 1 is 1.17 bits per heavy atom. The predicted molar refractivity (Wildman–Crippen MR) is 120 cm³/mol. The molecule has 0 bridgehead atoms. The summed E-state index contributed by atoms with van der Waals surface area (Å²) in [6.45, 7) is 0. The molecule has 2 unspecified atom stereocenters. The van der Waals surface area contributed by atoms with Gasteiger partial charge >= 0.3 is 0 Å². The van der Waals surface area contributed by atoms with E-state index in [0.29, 0.717) is 11.3 Å². The fourth-order valence-corrected chi connectivity index (χ4v) is 6.14. The SMILES string of the molecule is CN(C)c1cc(C#N)c(O)c2c1C[C@H]1C[C@H]3[C@H](N(C)C)C(=O)C(C(N)=O)C(=O)[C@@]3(O)C(=O)C1C2=O. The van der Waals surface area contributed by atoms with E-state index in [1.54, 1.807) is 19.0 Å². The minimum Gasteiger partial charge on any atom is -0.506 e. The van der Waals surface area contributed by atoms with E-state index in [0.717, 1.165) is 0 Å². The molecule has 0 saturated heterocycles. The Hall–Kier alpha value is -3.62. The van der Waals surface area contributed by atoms with Gasteiger partial charge in [0.05, 0.1) is 23.1 Å². The molecule has 4 N–H and O–H groups in total. The van der Waals surface area contributed by atoms with Crippen LogP contribution in [0.5, 0.6) is 5.75 Å². The van der Waals surface area contributed by atoms with Crippen LogP contribution in [0.15, 0.2) is 6.07 Å². The first-order valence-electron chi connectivity index (χ1n) is 11.1. The maximum atomic E-state index is 13.7. The zero-order valence-corrected chi connectivity index (χ0v) is 19.7. The van der Waals surface area contributed by atoms with Crippen LogP contribution in [0.3, 0.4) is 0 Å². The lowest BCUT2D eigenvalue weighted by atomic mass is 9.52. The largest absolute Gasteiger partial charge is 0.506 e. The molecule has 0 spiro atoms. The van der Waals surface area contributed by atoms with Crippen molar-refractivity contribution < 1.29 is 34.2 Å². The molecule has 35 heavy (non-hydrogen) atoms. The van der Waals surface area contributed by atoms with E-state index in [1.165, 1.54) is 25.1 Å². The number of nitrogens with zero attached hydrogens (tertiary/aromatic N) is 3. The molecular weight excluding hydrogens is 456 g/mol. The number of carbonyl (C=O) groups is 5. The Morgan fingerprint density at radius 3 is 2.31 bits per heavy atom. The van der Waals surface area contributed by atoms with Gasteiger partial charge in [-0.1, -0.05) is 0 Å². The average molecular weight is 482 g/mol. The number of anilines is 1. The molecule has 1 aromatic carbocycles. The quantitative estimate of drug-likeness (QED) is 0.443. The molecule has 1 aromatic rings. The second-order valence-corrected chi connectivity index (χ2v) is 9.94. The lowest BCUT2D eigenvalue weighted by Crippen LogP contribution is -2.74. The molecule has 3 aliphatic carbocycles. The molecule has 2 saturated carbocycles. The molecule has 0 radical (unpaired) electrons. The van der Waals surface area contributed by atoms with Crippen molar-refractivity contribution in [2.45, 2.75) is 24.5 Å². The Labute approximate surface area is 201 Å². The third-order valence-electron chi connectivity index (χ3n) is 7.64. The molecule has 11 nitrogen and oxygen atoms in total. The van der Waals surface area contributed by atoms with Gasteiger partial charge in [-0.25, -0.2) is 0 Å². The molecule has 11 heteroatoms. The van der Waals surface area contributed by atoms with Crippen LogP contribution in [0.1, 0.15) is 27.9 Å². The highest BCUT2D eigenvalue weighted by molar-refractivity contribution is 6.32. The van der Waals surface area contributed by atoms with Gasteiger partial charge in [0, 0.05) is 25.7 Å². The number of amides is 1. The van der Waals surface area contributed by atoms with Crippen molar-refractivity contribution in [2.24, 2.45) is 29.4 Å². The third-order valence-corrected chi connectivity index (χ3v) is 7.64. The van der Waals surface area contributed by atoms with E-state index in [4.69, 9.17) is 5.73 Å². The number of nitriles is 1. The van der Waals surface area contributed by atoms with Gasteiger partial charge in [0.25, 0.3) is 0 Å². The van der Waals surface area contributed by atoms with Crippen LogP contribution in [0.25, 0.3) is 0 Å². The Morgan fingerprint density at radius 2 is 1.80 bits per heavy atom. The number of aromatic hydroxyl groups is 1. The monoisotopic (exact) mass is 482 g/mol. The van der Waals surface area contributed by atoms with Crippen molar-refractivity contribution in [2.75, 3.05) is 33.1 Å². The summed E-state index contributed by atoms with van der Waals surface area (Å²) >= 11 is 0. The number of benzene rings is 1. The Kier molecular flexibility index (Phi) is 5.58. The zero-order valence-electron chi connectivity index (χ0n) is 19.7. The van der Waals surface area contributed by atoms with Gasteiger partial charge < -0.3 is 20.8 Å². The first kappa shape index (κ1) is 24.5. The summed E-state index contributed by atoms with van der Waals surface area (Å²) in [4.78, 5) is 68.8. The lowest BCUT2D eigenvalue weighted by molar-refractivity contribution is -0.181. The Balaban J connectivity index is 1.92. The summed E-state index contributed by atoms with van der Waals surface area (Å²) in [6.07, 6.45) is 0.107. The molecule has 2 fully saturated rings. The molecule has 0 aliphatic heterocycles. The van der Waals surface area contributed by atoms with E-state index < -0.39 is 70.1 Å². The highest BCUT2D eigenvalue weighted by atomic mass is 16.3. The van der Waals surface area contributed by atoms with E-state index in [9.17, 15) is 39.4 Å². The van der Waals surface area contributed by atoms with Gasteiger partial charge in [-0.3, -0.25) is 28.9 Å². The molecule has 6 atom stereocenters. The van der Waals surface area contributed by atoms with Crippen LogP contribution in [0.4, 0.5) is 5.69 Å². The summed E-state index contributed by atoms with van der Waals surface area (Å²) in [5, 5.41) is 31.7. The normalized spacial score (nSPS) is 32.0. The summed E-state index contributed by atoms with van der Waals surface area (Å²) in [5.41, 5.74) is 3.14. The van der Waals surface area contributed by atoms with Crippen LogP contribution in [-0.4, -0.2) is 84.0 Å². The van der Waals surface area contributed by atoms with Crippen molar-refractivity contribution in [1.82, 2.24) is 4.90 Å². The average Bonchev–Trinajstić information content (AvgIpc) is 2.75. The fraction of sp³-hybridized carbons (Fsp3) is 0.500. The number of phenols is 1. The second-order valence-electron chi connectivity index (χ2n) is 9.94. The third kappa shape index (κ3) is 3.13. The van der Waals surface area contributed by atoms with Crippen LogP contribution in [0, 0.1) is 35.0 Å². The number of likely N-dealkylation sites (N-methyl/N-ethyl adjacent to an activating group) is 1. The summed E-state index contributed by atoms with van der Waals surface area (Å²) in [7, 11) is 6.47. The molecule has 4 rings (SSSR count). The summed E-state index contributed by atoms with van der Waals surface area (Å²) in [6, 6.07) is 2.14. The van der Waals surface area contributed by atoms with Gasteiger partial charge in [-0.2, -0.15) is 5.26 Å². The first-order valence-corrected chi connectivity index (χ1v) is 11.1. The van der Waals surface area contributed by atoms with E-state index >= 15 is 0 Å². The van der Waals surface area contributed by atoms with Crippen molar-refractivity contribution in [3.05, 3.63) is 22.8 Å². The van der Waals surface area contributed by atoms with E-state index in [2.05, 4.69) is 0 Å². The standard InChI is InChI=1S/C24H26N4O7/c1-27(2)13-7-10(8-25)18(29)15-11(13)5-9-6-12-17(28(3)4)20(31)16(23(26)34)22(33)24(12,35)21(32)14(9)19(15)30/h7,9,12,14,16-17,29,35H,5-6H2,1-4H3,(H2,26,34)/t9-,12-,14?,16?,17-,24-/m0/s1. The van der Waals surface area contributed by atoms with Gasteiger partial charge in [0.2, 0.25) is 5.91 Å². The maximum absolute atomic E-state index is 13.7. The van der Waals surface area contributed by atoms with Crippen LogP contribution < -0.4 is 10.6 Å². The fourth-order valence-electron chi connectivity index (χ4n) is 6.14. The number of hydrogen-bond donors (Lipinski definition) is 3. The molecule has 3 aliphatic rings. The Bertz CT molecular complexity index is 1250. The highest BCUT2D eigenvalue weighted by Crippen LogP contribution is 2.52. The number of nitrogens with two attached hydrogens (primary N) is 1. The minimum atomic E-state index is -2.77. The van der Waals surface area contributed by atoms with Gasteiger partial charge in [0.1, 0.15) is 11.8 Å². The van der Waals surface area contributed by atoms with Gasteiger partial charge in [-0.15, -0.1) is 0 Å². The number of aliphatic hydroxyl groups is 1. The summed E-state index contributed by atoms with van der Waals surface area (Å²) < 4.78 is 0. The first-order chi connectivity index (χ1) is 16.3. The van der Waals surface area contributed by atoms with Crippen LogP contribution in [-0.2, 0) is 25.6 Å². The topological polar surface area (TPSA) is 182 Å². The highest BCUT2D eigenvalue weighted by Gasteiger charge is 2.69. The number of fused-ring (bicyclic) bond motifs is 3. The molecule has 0 heterocycles. The van der Waals surface area contributed by atoms with Crippen LogP contribution >= 0.6 is 0 Å².